The van der Waals surface area contributed by atoms with Crippen LogP contribution in [0.3, 0.4) is 0 Å². The van der Waals surface area contributed by atoms with E-state index in [9.17, 15) is 4.79 Å². The first-order chi connectivity index (χ1) is 9.79. The van der Waals surface area contributed by atoms with Gasteiger partial charge in [-0.1, -0.05) is 50.6 Å². The molecule has 21 heavy (non-hydrogen) atoms. The fourth-order valence-corrected chi connectivity index (χ4v) is 2.01. The minimum absolute atomic E-state index is 0.174. The molecule has 2 rings (SSSR count). The molecule has 2 aromatic rings. The molecule has 0 atom stereocenters. The summed E-state index contributed by atoms with van der Waals surface area (Å²) in [4.78, 5) is 18.2. The second kappa shape index (κ2) is 5.85. The molecular formula is C15H19ClN4O. The highest BCUT2D eigenvalue weighted by Gasteiger charge is 2.23. The Morgan fingerprint density at radius 3 is 2.57 bits per heavy atom. The predicted molar refractivity (Wildman–Crippen MR) is 82.3 cm³/mol. The number of rotatable bonds is 3. The number of carbonyl (C=O) groups excluding carboxylic acids is 1. The number of carbonyl (C=O) groups is 1. The SMILES string of the molecule is CN(Cc1ccccc1Cl)C(=O)c1n[nH]c(C(C)(C)C)n1. The van der Waals surface area contributed by atoms with Crippen LogP contribution in [-0.2, 0) is 12.0 Å². The highest BCUT2D eigenvalue weighted by Crippen LogP contribution is 2.19. The van der Waals surface area contributed by atoms with Crippen molar-refractivity contribution in [1.82, 2.24) is 20.1 Å². The molecule has 0 spiro atoms. The molecule has 0 aliphatic heterocycles. The van der Waals surface area contributed by atoms with E-state index < -0.39 is 0 Å². The second-order valence-corrected chi connectivity index (χ2v) is 6.42. The highest BCUT2D eigenvalue weighted by molar-refractivity contribution is 6.31. The van der Waals surface area contributed by atoms with Crippen LogP contribution in [0.1, 0.15) is 42.8 Å². The third-order valence-electron chi connectivity index (χ3n) is 3.10. The number of benzene rings is 1. The molecule has 1 N–H and O–H groups in total. The van der Waals surface area contributed by atoms with Crippen molar-refractivity contribution in [1.29, 1.82) is 0 Å². The molecule has 0 aliphatic carbocycles. The van der Waals surface area contributed by atoms with Crippen molar-refractivity contribution in [3.8, 4) is 0 Å². The van der Waals surface area contributed by atoms with E-state index in [0.717, 1.165) is 5.56 Å². The third kappa shape index (κ3) is 3.61. The molecule has 0 fully saturated rings. The van der Waals surface area contributed by atoms with Crippen molar-refractivity contribution in [3.63, 3.8) is 0 Å². The van der Waals surface area contributed by atoms with Crippen LogP contribution in [0.25, 0.3) is 0 Å². The van der Waals surface area contributed by atoms with Gasteiger partial charge in [-0.05, 0) is 11.6 Å². The summed E-state index contributed by atoms with van der Waals surface area (Å²) >= 11 is 6.11. The summed E-state index contributed by atoms with van der Waals surface area (Å²) in [5.41, 5.74) is 0.717. The first-order valence-corrected chi connectivity index (χ1v) is 7.08. The maximum absolute atomic E-state index is 12.3. The fourth-order valence-electron chi connectivity index (χ4n) is 1.82. The number of hydrogen-bond donors (Lipinski definition) is 1. The molecule has 0 saturated heterocycles. The standard InChI is InChI=1S/C15H19ClN4O/c1-15(2,3)14-17-12(18-19-14)13(21)20(4)9-10-7-5-6-8-11(10)16/h5-8H,9H2,1-4H3,(H,17,18,19). The topological polar surface area (TPSA) is 61.9 Å². The van der Waals surface area contributed by atoms with Gasteiger partial charge in [0.05, 0.1) is 0 Å². The largest absolute Gasteiger partial charge is 0.335 e. The molecule has 1 amide bonds. The predicted octanol–water partition coefficient (Wildman–Crippen LogP) is 3.03. The molecule has 0 aliphatic rings. The van der Waals surface area contributed by atoms with Crippen LogP contribution in [0.4, 0.5) is 0 Å². The third-order valence-corrected chi connectivity index (χ3v) is 3.47. The Morgan fingerprint density at radius 2 is 2.00 bits per heavy atom. The summed E-state index contributed by atoms with van der Waals surface area (Å²) in [5, 5.41) is 7.47. The minimum atomic E-state index is -0.235. The zero-order valence-corrected chi connectivity index (χ0v) is 13.4. The average Bonchev–Trinajstić information content (AvgIpc) is 2.90. The zero-order valence-electron chi connectivity index (χ0n) is 12.6. The molecule has 6 heteroatoms. The summed E-state index contributed by atoms with van der Waals surface area (Å²) in [6.07, 6.45) is 0. The summed E-state index contributed by atoms with van der Waals surface area (Å²) in [7, 11) is 1.71. The minimum Gasteiger partial charge on any atom is -0.335 e. The smallest absolute Gasteiger partial charge is 0.293 e. The molecule has 0 unspecified atom stereocenters. The van der Waals surface area contributed by atoms with E-state index in [2.05, 4.69) is 15.2 Å². The van der Waals surface area contributed by atoms with Crippen LogP contribution < -0.4 is 0 Å². The van der Waals surface area contributed by atoms with Crippen LogP contribution in [0, 0.1) is 0 Å². The van der Waals surface area contributed by atoms with Crippen molar-refractivity contribution in [3.05, 3.63) is 46.5 Å². The average molecular weight is 307 g/mol. The Balaban J connectivity index is 2.13. The van der Waals surface area contributed by atoms with Crippen molar-refractivity contribution >= 4 is 17.5 Å². The number of hydrogen-bond acceptors (Lipinski definition) is 3. The van der Waals surface area contributed by atoms with Crippen molar-refractivity contribution in [2.24, 2.45) is 0 Å². The maximum Gasteiger partial charge on any atom is 0.293 e. The second-order valence-electron chi connectivity index (χ2n) is 6.01. The fraction of sp³-hybridized carbons (Fsp3) is 0.400. The number of halogens is 1. The van der Waals surface area contributed by atoms with Gasteiger partial charge < -0.3 is 4.90 Å². The number of aromatic amines is 1. The van der Waals surface area contributed by atoms with Crippen molar-refractivity contribution < 1.29 is 4.79 Å². The molecule has 0 bridgehead atoms. The maximum atomic E-state index is 12.3. The summed E-state index contributed by atoms with van der Waals surface area (Å²) in [5.74, 6) is 0.633. The van der Waals surface area contributed by atoms with E-state index in [1.165, 1.54) is 0 Å². The molecule has 1 heterocycles. The van der Waals surface area contributed by atoms with E-state index in [4.69, 9.17) is 11.6 Å². The lowest BCUT2D eigenvalue weighted by Gasteiger charge is -2.16. The molecular weight excluding hydrogens is 288 g/mol. The molecule has 0 saturated carbocycles. The highest BCUT2D eigenvalue weighted by atomic mass is 35.5. The van der Waals surface area contributed by atoms with Gasteiger partial charge in [-0.3, -0.25) is 9.89 Å². The first kappa shape index (κ1) is 15.5. The quantitative estimate of drug-likeness (QED) is 0.948. The Labute approximate surface area is 129 Å². The van der Waals surface area contributed by atoms with Gasteiger partial charge in [-0.25, -0.2) is 4.98 Å². The van der Waals surface area contributed by atoms with Gasteiger partial charge in [-0.2, -0.15) is 0 Å². The van der Waals surface area contributed by atoms with Crippen molar-refractivity contribution in [2.75, 3.05) is 7.05 Å². The number of H-pyrrole nitrogens is 1. The van der Waals surface area contributed by atoms with E-state index in [0.29, 0.717) is 17.4 Å². The Bertz CT molecular complexity index is 645. The number of nitrogens with zero attached hydrogens (tertiary/aromatic N) is 3. The number of aromatic nitrogens is 3. The Morgan fingerprint density at radius 1 is 1.33 bits per heavy atom. The van der Waals surface area contributed by atoms with Crippen LogP contribution in [0.15, 0.2) is 24.3 Å². The van der Waals surface area contributed by atoms with Gasteiger partial charge >= 0.3 is 0 Å². The normalized spacial score (nSPS) is 11.5. The molecule has 112 valence electrons. The van der Waals surface area contributed by atoms with Gasteiger partial charge in [0.15, 0.2) is 0 Å². The van der Waals surface area contributed by atoms with Crippen LogP contribution in [0.2, 0.25) is 5.02 Å². The lowest BCUT2D eigenvalue weighted by molar-refractivity contribution is 0.0773. The number of amides is 1. The monoisotopic (exact) mass is 306 g/mol. The molecule has 5 nitrogen and oxygen atoms in total. The van der Waals surface area contributed by atoms with Gasteiger partial charge in [0.25, 0.3) is 5.91 Å². The van der Waals surface area contributed by atoms with Crippen molar-refractivity contribution in [2.45, 2.75) is 32.7 Å². The zero-order chi connectivity index (χ0) is 15.6. The summed E-state index contributed by atoms with van der Waals surface area (Å²) < 4.78 is 0. The molecule has 0 radical (unpaired) electrons. The van der Waals surface area contributed by atoms with Gasteiger partial charge in [-0.15, -0.1) is 5.10 Å². The first-order valence-electron chi connectivity index (χ1n) is 6.71. The van der Waals surface area contributed by atoms with Crippen LogP contribution >= 0.6 is 11.6 Å². The van der Waals surface area contributed by atoms with Crippen LogP contribution in [-0.4, -0.2) is 33.0 Å². The van der Waals surface area contributed by atoms with E-state index in [-0.39, 0.29) is 17.1 Å². The lowest BCUT2D eigenvalue weighted by atomic mass is 9.96. The van der Waals surface area contributed by atoms with E-state index in [1.54, 1.807) is 18.0 Å². The Hall–Kier alpha value is -1.88. The van der Waals surface area contributed by atoms with Gasteiger partial charge in [0, 0.05) is 24.0 Å². The van der Waals surface area contributed by atoms with Crippen LogP contribution in [0.5, 0.6) is 0 Å². The van der Waals surface area contributed by atoms with Gasteiger partial charge in [0.2, 0.25) is 5.82 Å². The van der Waals surface area contributed by atoms with E-state index in [1.807, 2.05) is 39.0 Å². The van der Waals surface area contributed by atoms with Gasteiger partial charge in [0.1, 0.15) is 5.82 Å². The Kier molecular flexibility index (Phi) is 4.32. The molecule has 1 aromatic heterocycles. The summed E-state index contributed by atoms with van der Waals surface area (Å²) in [6, 6.07) is 7.45. The van der Waals surface area contributed by atoms with E-state index >= 15 is 0 Å². The molecule has 1 aromatic carbocycles. The lowest BCUT2D eigenvalue weighted by Crippen LogP contribution is -2.27. The summed E-state index contributed by atoms with van der Waals surface area (Å²) in [6.45, 7) is 6.44. The number of nitrogens with one attached hydrogen (secondary N) is 1.